The molecule has 1 N–H and O–H groups in total. The summed E-state index contributed by atoms with van der Waals surface area (Å²) < 4.78 is 6.52. The van der Waals surface area contributed by atoms with Crippen LogP contribution in [0.1, 0.15) is 40.6 Å². The molecular formula is C29H27BrN2O. The summed E-state index contributed by atoms with van der Waals surface area (Å²) in [6.45, 7) is 6.34. The molecule has 3 atom stereocenters. The minimum absolute atomic E-state index is 0.303. The molecule has 0 radical (unpaired) electrons. The largest absolute Gasteiger partial charge is 0.488 e. The molecule has 0 saturated heterocycles. The first-order valence-corrected chi connectivity index (χ1v) is 12.1. The topological polar surface area (TPSA) is 33.6 Å². The Morgan fingerprint density at radius 3 is 2.76 bits per heavy atom. The Morgan fingerprint density at radius 2 is 1.97 bits per heavy atom. The van der Waals surface area contributed by atoms with Crippen molar-refractivity contribution in [2.24, 2.45) is 10.9 Å². The number of allylic oxidation sites excluding steroid dienone is 2. The predicted molar refractivity (Wildman–Crippen MR) is 141 cm³/mol. The second kappa shape index (κ2) is 9.40. The van der Waals surface area contributed by atoms with Gasteiger partial charge in [0.15, 0.2) is 0 Å². The number of nitrogens with zero attached hydrogens (tertiary/aromatic N) is 1. The van der Waals surface area contributed by atoms with Gasteiger partial charge in [-0.1, -0.05) is 54.6 Å². The average Bonchev–Trinajstić information content (AvgIpc) is 3.33. The third-order valence-corrected chi connectivity index (χ3v) is 7.07. The van der Waals surface area contributed by atoms with Gasteiger partial charge in [-0.2, -0.15) is 0 Å². The van der Waals surface area contributed by atoms with E-state index in [9.17, 15) is 0 Å². The van der Waals surface area contributed by atoms with Gasteiger partial charge < -0.3 is 10.1 Å². The van der Waals surface area contributed by atoms with Gasteiger partial charge in [-0.15, -0.1) is 0 Å². The van der Waals surface area contributed by atoms with Gasteiger partial charge in [-0.05, 0) is 88.3 Å². The van der Waals surface area contributed by atoms with E-state index in [1.807, 2.05) is 24.4 Å². The van der Waals surface area contributed by atoms with Crippen molar-refractivity contribution in [3.8, 4) is 5.75 Å². The Bertz CT molecular complexity index is 1230. The van der Waals surface area contributed by atoms with Crippen molar-refractivity contribution in [1.29, 1.82) is 0 Å². The predicted octanol–water partition coefficient (Wildman–Crippen LogP) is 7.90. The van der Waals surface area contributed by atoms with Crippen LogP contribution in [0, 0.1) is 12.8 Å². The van der Waals surface area contributed by atoms with Crippen molar-refractivity contribution >= 4 is 33.5 Å². The van der Waals surface area contributed by atoms with Gasteiger partial charge in [0, 0.05) is 17.8 Å². The number of hydrogen-bond donors (Lipinski definition) is 1. The molecule has 0 spiro atoms. The van der Waals surface area contributed by atoms with Gasteiger partial charge in [0.25, 0.3) is 0 Å². The maximum absolute atomic E-state index is 5.61. The fourth-order valence-corrected chi connectivity index (χ4v) is 5.33. The molecule has 0 unspecified atom stereocenters. The number of benzene rings is 3. The van der Waals surface area contributed by atoms with E-state index in [1.54, 1.807) is 6.08 Å². The number of aliphatic imine (C=N–C) groups is 1. The highest BCUT2D eigenvalue weighted by molar-refractivity contribution is 9.10. The van der Waals surface area contributed by atoms with Crippen LogP contribution in [0.15, 0.2) is 94.9 Å². The average molecular weight is 499 g/mol. The van der Waals surface area contributed by atoms with Crippen molar-refractivity contribution in [2.45, 2.75) is 25.3 Å². The van der Waals surface area contributed by atoms with E-state index in [1.165, 1.54) is 22.4 Å². The van der Waals surface area contributed by atoms with Crippen LogP contribution in [-0.4, -0.2) is 12.8 Å². The van der Waals surface area contributed by atoms with Gasteiger partial charge in [0.2, 0.25) is 0 Å². The van der Waals surface area contributed by atoms with Crippen molar-refractivity contribution in [2.75, 3.05) is 11.9 Å². The fraction of sp³-hybridized carbons (Fsp3) is 0.207. The van der Waals surface area contributed by atoms with E-state index in [0.717, 1.165) is 27.9 Å². The molecule has 0 bridgehead atoms. The van der Waals surface area contributed by atoms with Crippen LogP contribution in [0.4, 0.5) is 11.4 Å². The standard InChI is InChI=1S/C29H27BrN2O/c1-3-15-33-28-14-8-20(17-26(28)30)18-31-22-11-9-21(10-12-22)29-24-6-4-5-23(24)25-16-19(2)7-13-27(25)32-29/h3-5,7-14,16-18,23-24,29,32H,1,6,15H2,2H3/t23-,24+,29-/m0/s1. The molecule has 0 saturated carbocycles. The quantitative estimate of drug-likeness (QED) is 0.276. The highest BCUT2D eigenvalue weighted by Gasteiger charge is 2.37. The maximum Gasteiger partial charge on any atom is 0.133 e. The Morgan fingerprint density at radius 1 is 1.12 bits per heavy atom. The second-order valence-electron chi connectivity index (χ2n) is 8.71. The SMILES string of the molecule is C=CCOc1ccc(C=Nc2ccc([C@@H]3Nc4ccc(C)cc4[C@H]4C=CC[C@H]43)cc2)cc1Br. The van der Waals surface area contributed by atoms with Crippen LogP contribution in [0.2, 0.25) is 0 Å². The number of anilines is 1. The molecule has 3 aromatic carbocycles. The van der Waals surface area contributed by atoms with E-state index in [2.05, 4.69) is 94.4 Å². The molecule has 0 aromatic heterocycles. The zero-order chi connectivity index (χ0) is 22.8. The Labute approximate surface area is 204 Å². The minimum atomic E-state index is 0.303. The summed E-state index contributed by atoms with van der Waals surface area (Å²) in [4.78, 5) is 4.67. The summed E-state index contributed by atoms with van der Waals surface area (Å²) in [5.74, 6) is 1.83. The molecule has 1 aliphatic heterocycles. The summed E-state index contributed by atoms with van der Waals surface area (Å²) in [5, 5.41) is 3.81. The molecule has 166 valence electrons. The maximum atomic E-state index is 5.61. The zero-order valence-electron chi connectivity index (χ0n) is 18.7. The van der Waals surface area contributed by atoms with Gasteiger partial charge in [0.05, 0.1) is 16.2 Å². The van der Waals surface area contributed by atoms with E-state index in [0.29, 0.717) is 24.5 Å². The molecule has 0 fully saturated rings. The molecule has 2 aliphatic rings. The zero-order valence-corrected chi connectivity index (χ0v) is 20.3. The van der Waals surface area contributed by atoms with Crippen LogP contribution >= 0.6 is 15.9 Å². The number of rotatable bonds is 6. The molecule has 3 aromatic rings. The van der Waals surface area contributed by atoms with E-state index < -0.39 is 0 Å². The van der Waals surface area contributed by atoms with Crippen molar-refractivity contribution in [3.05, 3.63) is 112 Å². The smallest absolute Gasteiger partial charge is 0.133 e. The molecule has 5 rings (SSSR count). The van der Waals surface area contributed by atoms with Crippen LogP contribution in [0.5, 0.6) is 5.75 Å². The molecule has 4 heteroatoms. The van der Waals surface area contributed by atoms with E-state index in [-0.39, 0.29) is 0 Å². The number of nitrogens with one attached hydrogen (secondary N) is 1. The summed E-state index contributed by atoms with van der Waals surface area (Å²) in [6.07, 6.45) is 9.45. The van der Waals surface area contributed by atoms with Crippen LogP contribution < -0.4 is 10.1 Å². The molecule has 33 heavy (non-hydrogen) atoms. The van der Waals surface area contributed by atoms with E-state index >= 15 is 0 Å². The van der Waals surface area contributed by atoms with Crippen LogP contribution in [0.3, 0.4) is 0 Å². The van der Waals surface area contributed by atoms with E-state index in [4.69, 9.17) is 4.74 Å². The first-order valence-electron chi connectivity index (χ1n) is 11.3. The number of hydrogen-bond acceptors (Lipinski definition) is 3. The van der Waals surface area contributed by atoms with Gasteiger partial charge in [-0.25, -0.2) is 0 Å². The summed E-state index contributed by atoms with van der Waals surface area (Å²) >= 11 is 3.56. The number of ether oxygens (including phenoxy) is 1. The lowest BCUT2D eigenvalue weighted by Gasteiger charge is -2.37. The number of fused-ring (bicyclic) bond motifs is 3. The van der Waals surface area contributed by atoms with Crippen LogP contribution in [0.25, 0.3) is 0 Å². The first-order chi connectivity index (χ1) is 16.1. The summed E-state index contributed by atoms with van der Waals surface area (Å²) in [5.41, 5.74) is 7.27. The van der Waals surface area contributed by atoms with Crippen LogP contribution in [-0.2, 0) is 0 Å². The first kappa shape index (κ1) is 21.7. The Kier molecular flexibility index (Phi) is 6.19. The van der Waals surface area contributed by atoms with Crippen molar-refractivity contribution in [1.82, 2.24) is 0 Å². The molecule has 0 amide bonds. The summed E-state index contributed by atoms with van der Waals surface area (Å²) in [6, 6.07) is 21.6. The van der Waals surface area contributed by atoms with Crippen molar-refractivity contribution in [3.63, 3.8) is 0 Å². The lowest BCUT2D eigenvalue weighted by molar-refractivity contribution is 0.361. The van der Waals surface area contributed by atoms with Gasteiger partial charge in [0.1, 0.15) is 12.4 Å². The molecule has 1 heterocycles. The fourth-order valence-electron chi connectivity index (χ4n) is 4.82. The van der Waals surface area contributed by atoms with Gasteiger partial charge in [-0.3, -0.25) is 4.99 Å². The third kappa shape index (κ3) is 4.53. The monoisotopic (exact) mass is 498 g/mol. The highest BCUT2D eigenvalue weighted by Crippen LogP contribution is 2.50. The molecule has 3 nitrogen and oxygen atoms in total. The van der Waals surface area contributed by atoms with Crippen molar-refractivity contribution < 1.29 is 4.74 Å². The molecular weight excluding hydrogens is 472 g/mol. The summed E-state index contributed by atoms with van der Waals surface area (Å²) in [7, 11) is 0. The molecule has 1 aliphatic carbocycles. The minimum Gasteiger partial charge on any atom is -0.488 e. The lowest BCUT2D eigenvalue weighted by atomic mass is 9.76. The third-order valence-electron chi connectivity index (χ3n) is 6.45. The number of halogens is 1. The normalized spacial score (nSPS) is 20.8. The Balaban J connectivity index is 1.32. The number of aryl methyl sites for hydroxylation is 1. The lowest BCUT2D eigenvalue weighted by Crippen LogP contribution is -2.29. The van der Waals surface area contributed by atoms with Gasteiger partial charge >= 0.3 is 0 Å². The highest BCUT2D eigenvalue weighted by atomic mass is 79.9. The Hall–Kier alpha value is -3.11. The second-order valence-corrected chi connectivity index (χ2v) is 9.56.